The van der Waals surface area contributed by atoms with Gasteiger partial charge in [-0.05, 0) is 7.05 Å². The number of hydrogen-bond acceptors (Lipinski definition) is 6. The standard InChI is InChI=1S/C12H20N4O3/c1-14-2-4-15(5-3-14)10-6-12(19)16(13-7-10)8-11(18)9-17/h6-7,11,17-18H,2-5,8-9H2,1H3. The normalized spacial score (nSPS) is 18.6. The molecule has 106 valence electrons. The SMILES string of the molecule is CN1CCN(c2cnn(CC(O)CO)c(=O)c2)CC1. The van der Waals surface area contributed by atoms with Gasteiger partial charge in [0.1, 0.15) is 0 Å². The van der Waals surface area contributed by atoms with Crippen LogP contribution in [0.1, 0.15) is 0 Å². The topological polar surface area (TPSA) is 81.8 Å². The summed E-state index contributed by atoms with van der Waals surface area (Å²) in [7, 11) is 2.07. The molecule has 1 aliphatic heterocycles. The van der Waals surface area contributed by atoms with Gasteiger partial charge in [-0.15, -0.1) is 0 Å². The highest BCUT2D eigenvalue weighted by Gasteiger charge is 2.15. The Bertz CT molecular complexity index is 468. The summed E-state index contributed by atoms with van der Waals surface area (Å²) >= 11 is 0. The van der Waals surface area contributed by atoms with E-state index in [-0.39, 0.29) is 18.7 Å². The fourth-order valence-electron chi connectivity index (χ4n) is 2.06. The van der Waals surface area contributed by atoms with Crippen LogP contribution in [0.25, 0.3) is 0 Å². The smallest absolute Gasteiger partial charge is 0.268 e. The Kier molecular flexibility index (Phi) is 4.52. The van der Waals surface area contributed by atoms with E-state index in [9.17, 15) is 9.90 Å². The van der Waals surface area contributed by atoms with Crippen LogP contribution in [0.3, 0.4) is 0 Å². The van der Waals surface area contributed by atoms with Crippen molar-refractivity contribution in [3.63, 3.8) is 0 Å². The predicted octanol–water partition coefficient (Wildman–Crippen LogP) is -1.65. The summed E-state index contributed by atoms with van der Waals surface area (Å²) in [5, 5.41) is 22.1. The van der Waals surface area contributed by atoms with Crippen LogP contribution in [0.2, 0.25) is 0 Å². The van der Waals surface area contributed by atoms with Crippen molar-refractivity contribution in [1.82, 2.24) is 14.7 Å². The number of aliphatic hydroxyl groups is 2. The van der Waals surface area contributed by atoms with E-state index in [1.54, 1.807) is 6.20 Å². The summed E-state index contributed by atoms with van der Waals surface area (Å²) in [6.07, 6.45) is 0.677. The summed E-state index contributed by atoms with van der Waals surface area (Å²) in [6, 6.07) is 1.53. The third-order valence-corrected chi connectivity index (χ3v) is 3.32. The minimum absolute atomic E-state index is 0.0123. The second-order valence-electron chi connectivity index (χ2n) is 4.86. The van der Waals surface area contributed by atoms with Crippen molar-refractivity contribution in [2.45, 2.75) is 12.6 Å². The molecular formula is C12H20N4O3. The fourth-order valence-corrected chi connectivity index (χ4v) is 2.06. The zero-order valence-corrected chi connectivity index (χ0v) is 11.1. The maximum atomic E-state index is 11.9. The summed E-state index contributed by atoms with van der Waals surface area (Å²) in [5.41, 5.74) is 0.553. The highest BCUT2D eigenvalue weighted by molar-refractivity contribution is 5.43. The zero-order chi connectivity index (χ0) is 13.8. The maximum Gasteiger partial charge on any atom is 0.268 e. The summed E-state index contributed by atoms with van der Waals surface area (Å²) in [6.45, 7) is 3.31. The first-order valence-corrected chi connectivity index (χ1v) is 6.39. The van der Waals surface area contributed by atoms with Gasteiger partial charge in [0, 0.05) is 32.2 Å². The molecule has 0 saturated carbocycles. The van der Waals surface area contributed by atoms with Crippen molar-refractivity contribution in [3.05, 3.63) is 22.6 Å². The number of aliphatic hydroxyl groups excluding tert-OH is 2. The van der Waals surface area contributed by atoms with Crippen molar-refractivity contribution in [2.75, 3.05) is 44.7 Å². The lowest BCUT2D eigenvalue weighted by atomic mass is 10.3. The van der Waals surface area contributed by atoms with Gasteiger partial charge in [-0.2, -0.15) is 5.10 Å². The first-order valence-electron chi connectivity index (χ1n) is 6.39. The lowest BCUT2D eigenvalue weighted by molar-refractivity contribution is 0.0770. The second kappa shape index (κ2) is 6.14. The van der Waals surface area contributed by atoms with Crippen LogP contribution in [0.5, 0.6) is 0 Å². The van der Waals surface area contributed by atoms with E-state index >= 15 is 0 Å². The molecule has 0 bridgehead atoms. The van der Waals surface area contributed by atoms with Gasteiger partial charge in [0.05, 0.1) is 31.1 Å². The Morgan fingerprint density at radius 2 is 2.05 bits per heavy atom. The minimum Gasteiger partial charge on any atom is -0.394 e. The molecule has 1 fully saturated rings. The number of aromatic nitrogens is 2. The lowest BCUT2D eigenvalue weighted by Gasteiger charge is -2.33. The van der Waals surface area contributed by atoms with E-state index < -0.39 is 6.10 Å². The first kappa shape index (κ1) is 14.0. The molecule has 1 aliphatic rings. The molecule has 0 amide bonds. The lowest BCUT2D eigenvalue weighted by Crippen LogP contribution is -2.45. The number of rotatable bonds is 4. The van der Waals surface area contributed by atoms with E-state index in [0.29, 0.717) is 0 Å². The van der Waals surface area contributed by atoms with E-state index in [2.05, 4.69) is 21.9 Å². The van der Waals surface area contributed by atoms with Crippen LogP contribution in [0, 0.1) is 0 Å². The molecule has 1 saturated heterocycles. The fraction of sp³-hybridized carbons (Fsp3) is 0.667. The third-order valence-electron chi connectivity index (χ3n) is 3.32. The molecule has 1 unspecified atom stereocenters. The molecule has 1 atom stereocenters. The molecule has 0 spiro atoms. The van der Waals surface area contributed by atoms with Crippen LogP contribution in [-0.4, -0.2) is 70.8 Å². The predicted molar refractivity (Wildman–Crippen MR) is 71.3 cm³/mol. The number of nitrogens with zero attached hydrogens (tertiary/aromatic N) is 4. The van der Waals surface area contributed by atoms with E-state index in [4.69, 9.17) is 5.11 Å². The summed E-state index contributed by atoms with van der Waals surface area (Å²) in [4.78, 5) is 16.2. The van der Waals surface area contributed by atoms with E-state index in [0.717, 1.165) is 31.9 Å². The molecule has 2 rings (SSSR count). The summed E-state index contributed by atoms with van der Waals surface area (Å²) in [5.74, 6) is 0. The van der Waals surface area contributed by atoms with Gasteiger partial charge in [0.2, 0.25) is 0 Å². The minimum atomic E-state index is -0.959. The molecule has 1 aromatic rings. The van der Waals surface area contributed by atoms with Crippen molar-refractivity contribution in [3.8, 4) is 0 Å². The molecule has 7 nitrogen and oxygen atoms in total. The molecule has 1 aromatic heterocycles. The van der Waals surface area contributed by atoms with Crippen LogP contribution in [0.4, 0.5) is 5.69 Å². The number of hydrogen-bond donors (Lipinski definition) is 2. The molecule has 0 aliphatic carbocycles. The quantitative estimate of drug-likeness (QED) is 0.681. The Morgan fingerprint density at radius 1 is 1.37 bits per heavy atom. The zero-order valence-electron chi connectivity index (χ0n) is 11.1. The molecular weight excluding hydrogens is 248 g/mol. The van der Waals surface area contributed by atoms with Crippen LogP contribution in [0.15, 0.2) is 17.1 Å². The van der Waals surface area contributed by atoms with Crippen molar-refractivity contribution in [2.24, 2.45) is 0 Å². The number of anilines is 1. The molecule has 0 aromatic carbocycles. The Labute approximate surface area is 111 Å². The van der Waals surface area contributed by atoms with Gasteiger partial charge in [-0.3, -0.25) is 4.79 Å². The summed E-state index contributed by atoms with van der Waals surface area (Å²) < 4.78 is 1.17. The molecule has 2 N–H and O–H groups in total. The number of piperazine rings is 1. The highest BCUT2D eigenvalue weighted by atomic mass is 16.3. The van der Waals surface area contributed by atoms with E-state index in [1.165, 1.54) is 10.7 Å². The highest BCUT2D eigenvalue weighted by Crippen LogP contribution is 2.12. The van der Waals surface area contributed by atoms with Gasteiger partial charge in [-0.1, -0.05) is 0 Å². The van der Waals surface area contributed by atoms with Gasteiger partial charge in [0.15, 0.2) is 0 Å². The van der Waals surface area contributed by atoms with E-state index in [1.807, 2.05) is 0 Å². The third kappa shape index (κ3) is 3.52. The van der Waals surface area contributed by atoms with Gasteiger partial charge >= 0.3 is 0 Å². The molecule has 7 heteroatoms. The van der Waals surface area contributed by atoms with Crippen LogP contribution >= 0.6 is 0 Å². The van der Waals surface area contributed by atoms with Crippen molar-refractivity contribution >= 4 is 5.69 Å². The van der Waals surface area contributed by atoms with Crippen molar-refractivity contribution in [1.29, 1.82) is 0 Å². The molecule has 0 radical (unpaired) electrons. The van der Waals surface area contributed by atoms with Crippen molar-refractivity contribution < 1.29 is 10.2 Å². The van der Waals surface area contributed by atoms with Crippen LogP contribution < -0.4 is 10.5 Å². The maximum absolute atomic E-state index is 11.9. The largest absolute Gasteiger partial charge is 0.394 e. The Hall–Kier alpha value is -1.44. The van der Waals surface area contributed by atoms with Gasteiger partial charge in [-0.25, -0.2) is 4.68 Å². The molecule has 2 heterocycles. The van der Waals surface area contributed by atoms with Gasteiger partial charge < -0.3 is 20.0 Å². The number of likely N-dealkylation sites (N-methyl/N-ethyl adjacent to an activating group) is 1. The monoisotopic (exact) mass is 268 g/mol. The average molecular weight is 268 g/mol. The molecule has 19 heavy (non-hydrogen) atoms. The average Bonchev–Trinajstić information content (AvgIpc) is 2.41. The second-order valence-corrected chi connectivity index (χ2v) is 4.86. The first-order chi connectivity index (χ1) is 9.10. The van der Waals surface area contributed by atoms with Crippen LogP contribution in [-0.2, 0) is 6.54 Å². The Morgan fingerprint density at radius 3 is 2.63 bits per heavy atom. The Balaban J connectivity index is 2.08. The van der Waals surface area contributed by atoms with Gasteiger partial charge in [0.25, 0.3) is 5.56 Å².